The van der Waals surface area contributed by atoms with E-state index in [1.165, 1.54) is 19.3 Å². The summed E-state index contributed by atoms with van der Waals surface area (Å²) in [4.78, 5) is 38.2. The lowest BCUT2D eigenvalue weighted by Crippen LogP contribution is -2.54. The zero-order valence-electron chi connectivity index (χ0n) is 15.2. The van der Waals surface area contributed by atoms with Crippen LogP contribution < -0.4 is 19.7 Å². The quantitative estimate of drug-likeness (QED) is 0.536. The molecule has 3 rings (SSSR count). The van der Waals surface area contributed by atoms with Gasteiger partial charge in [-0.25, -0.2) is 9.69 Å². The number of amides is 4. The van der Waals surface area contributed by atoms with Gasteiger partial charge in [-0.05, 0) is 52.7 Å². The summed E-state index contributed by atoms with van der Waals surface area (Å²) in [6, 6.07) is 7.01. The highest BCUT2D eigenvalue weighted by molar-refractivity contribution is 9.10. The van der Waals surface area contributed by atoms with Crippen molar-refractivity contribution in [2.45, 2.75) is 13.3 Å². The third-order valence-electron chi connectivity index (χ3n) is 3.85. The number of hydrogen-bond donors (Lipinski definition) is 1. The smallest absolute Gasteiger partial charge is 0.335 e. The average Bonchev–Trinajstić information content (AvgIpc) is 3.08. The van der Waals surface area contributed by atoms with E-state index in [0.29, 0.717) is 28.5 Å². The number of hydrogen-bond acceptors (Lipinski definition) is 6. The van der Waals surface area contributed by atoms with Gasteiger partial charge in [0.2, 0.25) is 0 Å². The van der Waals surface area contributed by atoms with Crippen molar-refractivity contribution in [1.82, 2.24) is 5.32 Å². The zero-order chi connectivity index (χ0) is 20.3. The largest absolute Gasteiger partial charge is 0.493 e. The highest BCUT2D eigenvalue weighted by atomic mass is 79.9. The second-order valence-electron chi connectivity index (χ2n) is 5.78. The average molecular weight is 449 g/mol. The lowest BCUT2D eigenvalue weighted by Gasteiger charge is -2.26. The maximum Gasteiger partial charge on any atom is 0.335 e. The van der Waals surface area contributed by atoms with Crippen LogP contribution in [-0.4, -0.2) is 31.6 Å². The lowest BCUT2D eigenvalue weighted by atomic mass is 10.1. The number of carbonyl (C=O) groups is 3. The summed E-state index contributed by atoms with van der Waals surface area (Å²) in [5, 5.41) is 2.16. The van der Waals surface area contributed by atoms with E-state index < -0.39 is 17.8 Å². The third kappa shape index (κ3) is 3.94. The van der Waals surface area contributed by atoms with Crippen LogP contribution in [0.5, 0.6) is 11.5 Å². The molecule has 1 aliphatic rings. The predicted molar refractivity (Wildman–Crippen MR) is 104 cm³/mol. The molecule has 2 heterocycles. The Morgan fingerprint density at radius 2 is 1.96 bits per heavy atom. The Hall–Kier alpha value is -3.07. The highest BCUT2D eigenvalue weighted by Crippen LogP contribution is 2.33. The van der Waals surface area contributed by atoms with E-state index in [1.807, 2.05) is 6.92 Å². The molecule has 0 radical (unpaired) electrons. The summed E-state index contributed by atoms with van der Waals surface area (Å²) in [5.41, 5.74) is 0.00829. The normalized spacial score (nSPS) is 15.8. The SMILES string of the molecule is CCCOc1ccc(N2C(=O)NC(=O)/C(=C\c3ccc(Br)o3)C2=O)cc1OC. The van der Waals surface area contributed by atoms with Gasteiger partial charge in [0.25, 0.3) is 11.8 Å². The number of methoxy groups -OCH3 is 1. The van der Waals surface area contributed by atoms with Crippen LogP contribution in [-0.2, 0) is 9.59 Å². The predicted octanol–water partition coefficient (Wildman–Crippen LogP) is 3.51. The molecule has 0 aliphatic carbocycles. The second-order valence-corrected chi connectivity index (χ2v) is 6.56. The van der Waals surface area contributed by atoms with Gasteiger partial charge in [0, 0.05) is 6.07 Å². The summed E-state index contributed by atoms with van der Waals surface area (Å²) in [6.45, 7) is 2.47. The zero-order valence-corrected chi connectivity index (χ0v) is 16.7. The van der Waals surface area contributed by atoms with Gasteiger partial charge in [-0.2, -0.15) is 0 Å². The molecule has 0 spiro atoms. The first-order chi connectivity index (χ1) is 13.4. The molecule has 8 nitrogen and oxygen atoms in total. The highest BCUT2D eigenvalue weighted by Gasteiger charge is 2.37. The van der Waals surface area contributed by atoms with Crippen LogP contribution in [0.2, 0.25) is 0 Å². The molecule has 4 amide bonds. The van der Waals surface area contributed by atoms with Crippen LogP contribution in [0.3, 0.4) is 0 Å². The van der Waals surface area contributed by atoms with E-state index in [0.717, 1.165) is 11.3 Å². The minimum Gasteiger partial charge on any atom is -0.493 e. The fraction of sp³-hybridized carbons (Fsp3) is 0.211. The first-order valence-corrected chi connectivity index (χ1v) is 9.21. The number of ether oxygens (including phenoxy) is 2. The standard InChI is InChI=1S/C19H17BrN2O6/c1-3-8-27-14-6-4-11(9-15(14)26-2)22-18(24)13(17(23)21-19(22)25)10-12-5-7-16(20)28-12/h4-7,9-10H,3,8H2,1-2H3,(H,21,23,25)/b13-10+. The summed E-state index contributed by atoms with van der Waals surface area (Å²) >= 11 is 3.15. The van der Waals surface area contributed by atoms with Crippen LogP contribution in [0.25, 0.3) is 6.08 Å². The van der Waals surface area contributed by atoms with Gasteiger partial charge in [0.15, 0.2) is 16.2 Å². The molecule has 1 aromatic carbocycles. The van der Waals surface area contributed by atoms with Crippen LogP contribution in [0, 0.1) is 0 Å². The number of rotatable bonds is 6. The van der Waals surface area contributed by atoms with Crippen LogP contribution in [0.15, 0.2) is 45.0 Å². The molecule has 1 aromatic heterocycles. The number of benzene rings is 1. The van der Waals surface area contributed by atoms with Crippen molar-refractivity contribution in [3.63, 3.8) is 0 Å². The number of anilines is 1. The monoisotopic (exact) mass is 448 g/mol. The molecule has 0 unspecified atom stereocenters. The van der Waals surface area contributed by atoms with Gasteiger partial charge in [0.05, 0.1) is 19.4 Å². The van der Waals surface area contributed by atoms with Crippen molar-refractivity contribution >= 4 is 45.5 Å². The third-order valence-corrected chi connectivity index (χ3v) is 4.28. The van der Waals surface area contributed by atoms with Crippen molar-refractivity contribution in [3.05, 3.63) is 46.3 Å². The number of nitrogens with one attached hydrogen (secondary N) is 1. The van der Waals surface area contributed by atoms with Crippen molar-refractivity contribution < 1.29 is 28.3 Å². The molecule has 146 valence electrons. The van der Waals surface area contributed by atoms with Crippen LogP contribution in [0.1, 0.15) is 19.1 Å². The molecular formula is C19H17BrN2O6. The van der Waals surface area contributed by atoms with Gasteiger partial charge in [-0.1, -0.05) is 6.92 Å². The lowest BCUT2D eigenvalue weighted by molar-refractivity contribution is -0.122. The molecule has 1 aliphatic heterocycles. The fourth-order valence-corrected chi connectivity index (χ4v) is 2.89. The molecule has 0 saturated carbocycles. The topological polar surface area (TPSA) is 98.1 Å². The molecule has 2 aromatic rings. The summed E-state index contributed by atoms with van der Waals surface area (Å²) in [6.07, 6.45) is 2.09. The molecular weight excluding hydrogens is 432 g/mol. The molecule has 1 N–H and O–H groups in total. The van der Waals surface area contributed by atoms with E-state index in [2.05, 4.69) is 21.2 Å². The number of carbonyl (C=O) groups excluding carboxylic acids is 3. The van der Waals surface area contributed by atoms with Gasteiger partial charge < -0.3 is 13.9 Å². The molecule has 28 heavy (non-hydrogen) atoms. The number of nitrogens with zero attached hydrogens (tertiary/aromatic N) is 1. The second kappa shape index (κ2) is 8.30. The van der Waals surface area contributed by atoms with Gasteiger partial charge in [0.1, 0.15) is 11.3 Å². The number of halogens is 1. The Bertz CT molecular complexity index is 965. The van der Waals surface area contributed by atoms with Crippen molar-refractivity contribution in [2.24, 2.45) is 0 Å². The summed E-state index contributed by atoms with van der Waals surface area (Å²) < 4.78 is 16.6. The van der Waals surface area contributed by atoms with E-state index >= 15 is 0 Å². The molecule has 0 atom stereocenters. The number of urea groups is 1. The number of imide groups is 2. The maximum absolute atomic E-state index is 12.9. The van der Waals surface area contributed by atoms with Gasteiger partial charge in [-0.15, -0.1) is 0 Å². The van der Waals surface area contributed by atoms with E-state index in [-0.39, 0.29) is 11.3 Å². The molecule has 1 fully saturated rings. The van der Waals surface area contributed by atoms with Gasteiger partial charge in [-0.3, -0.25) is 14.9 Å². The minimum absolute atomic E-state index is 0.230. The Morgan fingerprint density at radius 3 is 2.61 bits per heavy atom. The first-order valence-electron chi connectivity index (χ1n) is 8.42. The Kier molecular flexibility index (Phi) is 5.84. The Morgan fingerprint density at radius 1 is 1.18 bits per heavy atom. The Balaban J connectivity index is 1.96. The fourth-order valence-electron chi connectivity index (χ4n) is 2.57. The first kappa shape index (κ1) is 19.7. The Labute approximate surface area is 169 Å². The summed E-state index contributed by atoms with van der Waals surface area (Å²) in [7, 11) is 1.46. The van der Waals surface area contributed by atoms with E-state index in [1.54, 1.807) is 24.3 Å². The molecule has 0 bridgehead atoms. The van der Waals surface area contributed by atoms with E-state index in [9.17, 15) is 14.4 Å². The number of barbiturate groups is 1. The minimum atomic E-state index is -0.850. The van der Waals surface area contributed by atoms with Gasteiger partial charge >= 0.3 is 6.03 Å². The van der Waals surface area contributed by atoms with Crippen LogP contribution in [0.4, 0.5) is 10.5 Å². The van der Waals surface area contributed by atoms with Crippen molar-refractivity contribution in [2.75, 3.05) is 18.6 Å². The molecule has 9 heteroatoms. The van der Waals surface area contributed by atoms with Crippen molar-refractivity contribution in [1.29, 1.82) is 0 Å². The van der Waals surface area contributed by atoms with Crippen LogP contribution >= 0.6 is 15.9 Å². The summed E-state index contributed by atoms with van der Waals surface area (Å²) in [5.74, 6) is -0.422. The number of furan rings is 1. The van der Waals surface area contributed by atoms with E-state index in [4.69, 9.17) is 13.9 Å². The maximum atomic E-state index is 12.9. The van der Waals surface area contributed by atoms with Crippen molar-refractivity contribution in [3.8, 4) is 11.5 Å². The molecule has 1 saturated heterocycles.